The summed E-state index contributed by atoms with van der Waals surface area (Å²) in [5.74, 6) is 0.132. The number of nitrogens with one attached hydrogen (secondary N) is 1. The van der Waals surface area contributed by atoms with Gasteiger partial charge in [-0.2, -0.15) is 0 Å². The number of anilines is 2. The van der Waals surface area contributed by atoms with Crippen molar-refractivity contribution in [2.45, 2.75) is 19.4 Å². The molecular formula is C20H23ClN2O4S. The van der Waals surface area contributed by atoms with Crippen molar-refractivity contribution in [3.63, 3.8) is 0 Å². The number of ether oxygens (including phenoxy) is 1. The predicted molar refractivity (Wildman–Crippen MR) is 114 cm³/mol. The molecule has 0 aliphatic carbocycles. The highest BCUT2D eigenvalue weighted by atomic mass is 35.5. The van der Waals surface area contributed by atoms with Crippen LogP contribution in [0.2, 0.25) is 5.02 Å². The molecule has 0 aromatic heterocycles. The zero-order valence-electron chi connectivity index (χ0n) is 15.8. The SMILES string of the molecule is C=CCOc1cccc(NC(=O)[C@H](CC)N(c2ccc(Cl)cc2)S(C)(=O)=O)c1. The van der Waals surface area contributed by atoms with Crippen LogP contribution in [0, 0.1) is 0 Å². The van der Waals surface area contributed by atoms with Crippen molar-refractivity contribution in [3.8, 4) is 5.75 Å². The average molecular weight is 423 g/mol. The number of hydrogen-bond donors (Lipinski definition) is 1. The van der Waals surface area contributed by atoms with E-state index in [9.17, 15) is 13.2 Å². The topological polar surface area (TPSA) is 75.7 Å². The lowest BCUT2D eigenvalue weighted by Crippen LogP contribution is -2.46. The van der Waals surface area contributed by atoms with Crippen LogP contribution in [0.15, 0.2) is 61.2 Å². The van der Waals surface area contributed by atoms with Gasteiger partial charge in [-0.3, -0.25) is 9.10 Å². The van der Waals surface area contributed by atoms with Crippen molar-refractivity contribution in [2.24, 2.45) is 0 Å². The van der Waals surface area contributed by atoms with Gasteiger partial charge in [0, 0.05) is 16.8 Å². The minimum absolute atomic E-state index is 0.286. The second-order valence-corrected chi connectivity index (χ2v) is 8.37. The molecule has 150 valence electrons. The molecule has 1 N–H and O–H groups in total. The summed E-state index contributed by atoms with van der Waals surface area (Å²) in [6, 6.07) is 12.3. The van der Waals surface area contributed by atoms with Crippen molar-refractivity contribution in [1.82, 2.24) is 0 Å². The second kappa shape index (κ2) is 9.61. The van der Waals surface area contributed by atoms with Crippen LogP contribution in [0.1, 0.15) is 13.3 Å². The standard InChI is InChI=1S/C20H23ClN2O4S/c1-4-13-27-18-8-6-7-16(14-18)22-20(24)19(5-2)23(28(3,25)26)17-11-9-15(21)10-12-17/h4,6-12,14,19H,1,5,13H2,2-3H3,(H,22,24)/t19-/m0/s1. The molecule has 0 saturated carbocycles. The Hall–Kier alpha value is -2.51. The molecule has 0 unspecified atom stereocenters. The highest BCUT2D eigenvalue weighted by molar-refractivity contribution is 7.92. The number of nitrogens with zero attached hydrogens (tertiary/aromatic N) is 1. The van der Waals surface area contributed by atoms with E-state index in [1.165, 1.54) is 0 Å². The van der Waals surface area contributed by atoms with Gasteiger partial charge in [0.2, 0.25) is 15.9 Å². The first kappa shape index (κ1) is 21.8. The van der Waals surface area contributed by atoms with Gasteiger partial charge < -0.3 is 10.1 Å². The summed E-state index contributed by atoms with van der Waals surface area (Å²) in [5.41, 5.74) is 0.881. The van der Waals surface area contributed by atoms with Crippen molar-refractivity contribution < 1.29 is 17.9 Å². The maximum absolute atomic E-state index is 12.9. The Morgan fingerprint density at radius 3 is 2.54 bits per heavy atom. The lowest BCUT2D eigenvalue weighted by atomic mass is 10.1. The van der Waals surface area contributed by atoms with E-state index in [-0.39, 0.29) is 6.42 Å². The highest BCUT2D eigenvalue weighted by Gasteiger charge is 2.31. The third-order valence-electron chi connectivity index (χ3n) is 3.88. The van der Waals surface area contributed by atoms with Gasteiger partial charge in [-0.1, -0.05) is 37.2 Å². The summed E-state index contributed by atoms with van der Waals surface area (Å²) in [6.07, 6.45) is 2.98. The Bertz CT molecular complexity index is 929. The molecule has 0 aliphatic heterocycles. The molecule has 0 fully saturated rings. The summed E-state index contributed by atoms with van der Waals surface area (Å²) in [5, 5.41) is 3.24. The minimum atomic E-state index is -3.71. The van der Waals surface area contributed by atoms with E-state index in [4.69, 9.17) is 16.3 Å². The van der Waals surface area contributed by atoms with Crippen molar-refractivity contribution in [1.29, 1.82) is 0 Å². The summed E-state index contributed by atoms with van der Waals surface area (Å²) in [7, 11) is -3.71. The summed E-state index contributed by atoms with van der Waals surface area (Å²) < 4.78 is 31.4. The maximum atomic E-state index is 12.9. The van der Waals surface area contributed by atoms with E-state index in [2.05, 4.69) is 11.9 Å². The van der Waals surface area contributed by atoms with E-state index in [0.29, 0.717) is 28.8 Å². The molecule has 1 amide bonds. The highest BCUT2D eigenvalue weighted by Crippen LogP contribution is 2.25. The molecule has 0 aliphatic rings. The van der Waals surface area contributed by atoms with E-state index in [1.54, 1.807) is 61.5 Å². The van der Waals surface area contributed by atoms with Crippen LogP contribution in [-0.4, -0.2) is 33.2 Å². The molecule has 0 saturated heterocycles. The predicted octanol–water partition coefficient (Wildman–Crippen LogP) is 4.09. The van der Waals surface area contributed by atoms with Crippen molar-refractivity contribution in [2.75, 3.05) is 22.5 Å². The molecule has 6 nitrogen and oxygen atoms in total. The van der Waals surface area contributed by atoms with Gasteiger partial charge in [0.1, 0.15) is 18.4 Å². The number of carbonyl (C=O) groups is 1. The monoisotopic (exact) mass is 422 g/mol. The number of benzene rings is 2. The van der Waals surface area contributed by atoms with Gasteiger partial charge in [0.05, 0.1) is 11.9 Å². The van der Waals surface area contributed by atoms with Gasteiger partial charge in [-0.05, 0) is 42.8 Å². The minimum Gasteiger partial charge on any atom is -0.489 e. The van der Waals surface area contributed by atoms with Crippen LogP contribution in [0.4, 0.5) is 11.4 Å². The van der Waals surface area contributed by atoms with Crippen LogP contribution >= 0.6 is 11.6 Å². The first-order valence-electron chi connectivity index (χ1n) is 8.66. The van der Waals surface area contributed by atoms with Crippen LogP contribution in [-0.2, 0) is 14.8 Å². The Morgan fingerprint density at radius 1 is 1.29 bits per heavy atom. The second-order valence-electron chi connectivity index (χ2n) is 6.08. The zero-order valence-corrected chi connectivity index (χ0v) is 17.3. The van der Waals surface area contributed by atoms with Crippen LogP contribution in [0.5, 0.6) is 5.75 Å². The van der Waals surface area contributed by atoms with Crippen LogP contribution in [0.25, 0.3) is 0 Å². The maximum Gasteiger partial charge on any atom is 0.248 e. The van der Waals surface area contributed by atoms with Gasteiger partial charge in [-0.25, -0.2) is 8.42 Å². The van der Waals surface area contributed by atoms with E-state index in [0.717, 1.165) is 10.6 Å². The number of sulfonamides is 1. The summed E-state index contributed by atoms with van der Waals surface area (Å²) in [4.78, 5) is 12.9. The van der Waals surface area contributed by atoms with E-state index < -0.39 is 22.0 Å². The Morgan fingerprint density at radius 2 is 1.96 bits per heavy atom. The van der Waals surface area contributed by atoms with Gasteiger partial charge in [-0.15, -0.1) is 0 Å². The number of rotatable bonds is 9. The third kappa shape index (κ3) is 5.74. The molecule has 1 atom stereocenters. The molecule has 8 heteroatoms. The summed E-state index contributed by atoms with van der Waals surface area (Å²) in [6.45, 7) is 5.68. The number of carbonyl (C=O) groups excluding carboxylic acids is 1. The van der Waals surface area contributed by atoms with Crippen LogP contribution in [0.3, 0.4) is 0 Å². The fourth-order valence-electron chi connectivity index (χ4n) is 2.69. The van der Waals surface area contributed by atoms with E-state index in [1.807, 2.05) is 0 Å². The largest absolute Gasteiger partial charge is 0.489 e. The van der Waals surface area contributed by atoms with Gasteiger partial charge in [0.25, 0.3) is 0 Å². The molecule has 0 spiro atoms. The molecule has 0 bridgehead atoms. The van der Waals surface area contributed by atoms with Crippen molar-refractivity contribution >= 4 is 38.9 Å². The lowest BCUT2D eigenvalue weighted by Gasteiger charge is -2.30. The fourth-order valence-corrected chi connectivity index (χ4v) is 4.03. The third-order valence-corrected chi connectivity index (χ3v) is 5.31. The summed E-state index contributed by atoms with van der Waals surface area (Å²) >= 11 is 5.90. The fraction of sp³-hybridized carbons (Fsp3) is 0.250. The molecular weight excluding hydrogens is 400 g/mol. The Kier molecular flexibility index (Phi) is 7.48. The first-order valence-corrected chi connectivity index (χ1v) is 10.9. The number of amides is 1. The molecule has 0 radical (unpaired) electrons. The Labute approximate surface area is 170 Å². The first-order chi connectivity index (χ1) is 13.3. The normalized spacial score (nSPS) is 12.1. The zero-order chi connectivity index (χ0) is 20.7. The molecule has 28 heavy (non-hydrogen) atoms. The average Bonchev–Trinajstić information content (AvgIpc) is 2.64. The molecule has 2 rings (SSSR count). The van der Waals surface area contributed by atoms with Crippen LogP contribution < -0.4 is 14.4 Å². The molecule has 0 heterocycles. The number of halogens is 1. The molecule has 2 aromatic carbocycles. The smallest absolute Gasteiger partial charge is 0.248 e. The number of hydrogen-bond acceptors (Lipinski definition) is 4. The lowest BCUT2D eigenvalue weighted by molar-refractivity contribution is -0.117. The van der Waals surface area contributed by atoms with Crippen molar-refractivity contribution in [3.05, 3.63) is 66.2 Å². The molecule has 2 aromatic rings. The van der Waals surface area contributed by atoms with E-state index >= 15 is 0 Å². The Balaban J connectivity index is 2.29. The van der Waals surface area contributed by atoms with Gasteiger partial charge in [0.15, 0.2) is 0 Å². The van der Waals surface area contributed by atoms with Gasteiger partial charge >= 0.3 is 0 Å². The quantitative estimate of drug-likeness (QED) is 0.617.